The van der Waals surface area contributed by atoms with Crippen molar-refractivity contribution < 1.29 is 4.79 Å². The Kier molecular flexibility index (Phi) is 6.39. The Hall–Kier alpha value is -2.70. The number of fused-ring (bicyclic) bond motifs is 1. The van der Waals surface area contributed by atoms with E-state index < -0.39 is 0 Å². The fraction of sp³-hybridized carbons (Fsp3) is 0.409. The Bertz CT molecular complexity index is 1140. The summed E-state index contributed by atoms with van der Waals surface area (Å²) in [6.07, 6.45) is 5.35. The summed E-state index contributed by atoms with van der Waals surface area (Å²) in [6.45, 7) is 5.74. The molecule has 1 aliphatic carbocycles. The number of aromatic nitrogens is 4. The standard InChI is InChI=1S/C22H24N6OS2/c1-13-11-14(2)28(27-13)19-9-10-20(26-25-19)30-15(3)21(29)24-22-17(12-23)16-7-5-4-6-8-18(16)31-22/h9-11,15H,4-8H2,1-3H3,(H,24,29). The maximum Gasteiger partial charge on any atom is 0.238 e. The van der Waals surface area contributed by atoms with Gasteiger partial charge in [0.15, 0.2) is 5.82 Å². The summed E-state index contributed by atoms with van der Waals surface area (Å²) in [5, 5.41) is 26.5. The first-order valence-electron chi connectivity index (χ1n) is 10.4. The van der Waals surface area contributed by atoms with Crippen molar-refractivity contribution in [2.45, 2.75) is 63.2 Å². The quantitative estimate of drug-likeness (QED) is 0.449. The van der Waals surface area contributed by atoms with Crippen LogP contribution in [0.25, 0.3) is 5.82 Å². The van der Waals surface area contributed by atoms with Crippen molar-refractivity contribution in [3.8, 4) is 11.9 Å². The summed E-state index contributed by atoms with van der Waals surface area (Å²) in [4.78, 5) is 14.1. The molecule has 1 aliphatic rings. The van der Waals surface area contributed by atoms with Crippen LogP contribution in [0, 0.1) is 25.2 Å². The second kappa shape index (κ2) is 9.20. The van der Waals surface area contributed by atoms with Crippen LogP contribution < -0.4 is 5.32 Å². The van der Waals surface area contributed by atoms with Crippen molar-refractivity contribution in [1.82, 2.24) is 20.0 Å². The summed E-state index contributed by atoms with van der Waals surface area (Å²) in [5.41, 5.74) is 3.68. The smallest absolute Gasteiger partial charge is 0.238 e. The molecule has 1 unspecified atom stereocenters. The molecule has 31 heavy (non-hydrogen) atoms. The summed E-state index contributed by atoms with van der Waals surface area (Å²) in [5.74, 6) is 0.508. The first-order chi connectivity index (χ1) is 15.0. The maximum absolute atomic E-state index is 12.8. The molecular formula is C22H24N6OS2. The third-order valence-corrected chi connectivity index (χ3v) is 7.52. The highest BCUT2D eigenvalue weighted by Gasteiger charge is 2.23. The molecule has 9 heteroatoms. The number of amides is 1. The number of nitrogens with one attached hydrogen (secondary N) is 1. The predicted molar refractivity (Wildman–Crippen MR) is 123 cm³/mol. The average Bonchev–Trinajstić information content (AvgIpc) is 3.16. The average molecular weight is 453 g/mol. The van der Waals surface area contributed by atoms with E-state index in [1.807, 2.05) is 39.0 Å². The lowest BCUT2D eigenvalue weighted by molar-refractivity contribution is -0.115. The zero-order valence-electron chi connectivity index (χ0n) is 17.8. The first kappa shape index (κ1) is 21.5. The van der Waals surface area contributed by atoms with E-state index in [1.165, 1.54) is 23.1 Å². The highest BCUT2D eigenvalue weighted by atomic mass is 32.2. The molecule has 0 fully saturated rings. The zero-order valence-corrected chi connectivity index (χ0v) is 19.4. The van der Waals surface area contributed by atoms with Gasteiger partial charge in [0, 0.05) is 10.6 Å². The molecule has 0 aromatic carbocycles. The molecule has 3 heterocycles. The maximum atomic E-state index is 12.8. The number of nitriles is 1. The Balaban J connectivity index is 1.43. The molecule has 0 aliphatic heterocycles. The van der Waals surface area contributed by atoms with Crippen LogP contribution in [0.1, 0.15) is 53.6 Å². The third kappa shape index (κ3) is 4.65. The monoisotopic (exact) mass is 452 g/mol. The van der Waals surface area contributed by atoms with Crippen LogP contribution in [0.5, 0.6) is 0 Å². The molecule has 1 atom stereocenters. The van der Waals surface area contributed by atoms with Gasteiger partial charge in [-0.2, -0.15) is 10.4 Å². The summed E-state index contributed by atoms with van der Waals surface area (Å²) in [6, 6.07) is 7.99. The van der Waals surface area contributed by atoms with E-state index in [1.54, 1.807) is 16.0 Å². The van der Waals surface area contributed by atoms with Crippen LogP contribution in [-0.2, 0) is 17.6 Å². The minimum Gasteiger partial charge on any atom is -0.316 e. The van der Waals surface area contributed by atoms with E-state index in [4.69, 9.17) is 0 Å². The van der Waals surface area contributed by atoms with Gasteiger partial charge in [0.05, 0.1) is 16.5 Å². The predicted octanol–water partition coefficient (Wildman–Crippen LogP) is 4.60. The third-order valence-electron chi connectivity index (χ3n) is 5.29. The number of carbonyl (C=O) groups excluding carboxylic acids is 1. The largest absolute Gasteiger partial charge is 0.316 e. The highest BCUT2D eigenvalue weighted by Crippen LogP contribution is 2.37. The summed E-state index contributed by atoms with van der Waals surface area (Å²) in [7, 11) is 0. The SMILES string of the molecule is Cc1cc(C)n(-c2ccc(SC(C)C(=O)Nc3sc4c(c3C#N)CCCCC4)nn2)n1. The van der Waals surface area contributed by atoms with Gasteiger partial charge in [0.1, 0.15) is 16.1 Å². The van der Waals surface area contributed by atoms with Gasteiger partial charge in [-0.15, -0.1) is 21.5 Å². The highest BCUT2D eigenvalue weighted by molar-refractivity contribution is 8.00. The van der Waals surface area contributed by atoms with E-state index in [9.17, 15) is 10.1 Å². The van der Waals surface area contributed by atoms with E-state index in [0.717, 1.165) is 42.6 Å². The van der Waals surface area contributed by atoms with E-state index in [2.05, 4.69) is 26.7 Å². The van der Waals surface area contributed by atoms with Gasteiger partial charge in [0.25, 0.3) is 0 Å². The van der Waals surface area contributed by atoms with Crippen molar-refractivity contribution >= 4 is 34.0 Å². The molecule has 0 saturated carbocycles. The Morgan fingerprint density at radius 2 is 2.06 bits per heavy atom. The molecule has 3 aromatic rings. The number of nitrogens with zero attached hydrogens (tertiary/aromatic N) is 5. The first-order valence-corrected chi connectivity index (χ1v) is 12.1. The van der Waals surface area contributed by atoms with Crippen molar-refractivity contribution in [3.63, 3.8) is 0 Å². The Labute approximate surface area is 189 Å². The molecule has 0 bridgehead atoms. The molecular weight excluding hydrogens is 428 g/mol. The second-order valence-corrected chi connectivity index (χ2v) is 10.2. The van der Waals surface area contributed by atoms with Crippen LogP contribution in [0.4, 0.5) is 5.00 Å². The lowest BCUT2D eigenvalue weighted by Gasteiger charge is -2.11. The molecule has 0 radical (unpaired) electrons. The lowest BCUT2D eigenvalue weighted by atomic mass is 10.1. The van der Waals surface area contributed by atoms with Gasteiger partial charge < -0.3 is 5.32 Å². The number of hydrogen-bond donors (Lipinski definition) is 1. The molecule has 7 nitrogen and oxygen atoms in total. The fourth-order valence-electron chi connectivity index (χ4n) is 3.75. The van der Waals surface area contributed by atoms with Crippen molar-refractivity contribution in [1.29, 1.82) is 5.26 Å². The van der Waals surface area contributed by atoms with Gasteiger partial charge in [0.2, 0.25) is 5.91 Å². The van der Waals surface area contributed by atoms with Crippen LogP contribution >= 0.6 is 23.1 Å². The van der Waals surface area contributed by atoms with Gasteiger partial charge in [-0.25, -0.2) is 4.68 Å². The number of hydrogen-bond acceptors (Lipinski definition) is 7. The van der Waals surface area contributed by atoms with Crippen LogP contribution in [-0.4, -0.2) is 31.1 Å². The zero-order chi connectivity index (χ0) is 22.0. The normalized spacial score (nSPS) is 14.4. The molecule has 160 valence electrons. The van der Waals surface area contributed by atoms with Gasteiger partial charge >= 0.3 is 0 Å². The minimum absolute atomic E-state index is 0.137. The van der Waals surface area contributed by atoms with Gasteiger partial charge in [-0.3, -0.25) is 4.79 Å². The van der Waals surface area contributed by atoms with Crippen LogP contribution in [0.15, 0.2) is 23.2 Å². The second-order valence-electron chi connectivity index (χ2n) is 7.70. The molecule has 0 spiro atoms. The molecule has 1 amide bonds. The number of carbonyl (C=O) groups is 1. The molecule has 1 N–H and O–H groups in total. The Morgan fingerprint density at radius 3 is 2.74 bits per heavy atom. The van der Waals surface area contributed by atoms with Crippen molar-refractivity contribution in [2.24, 2.45) is 0 Å². The minimum atomic E-state index is -0.373. The number of thioether (sulfide) groups is 1. The number of rotatable bonds is 5. The molecule has 3 aromatic heterocycles. The summed E-state index contributed by atoms with van der Waals surface area (Å²) < 4.78 is 1.75. The fourth-order valence-corrected chi connectivity index (χ4v) is 5.75. The molecule has 4 rings (SSSR count). The van der Waals surface area contributed by atoms with Crippen LogP contribution in [0.3, 0.4) is 0 Å². The summed E-state index contributed by atoms with van der Waals surface area (Å²) >= 11 is 2.90. The lowest BCUT2D eigenvalue weighted by Crippen LogP contribution is -2.22. The number of thiophene rings is 1. The molecule has 0 saturated heterocycles. The van der Waals surface area contributed by atoms with Crippen molar-refractivity contribution in [3.05, 3.63) is 45.6 Å². The number of anilines is 1. The van der Waals surface area contributed by atoms with Gasteiger partial charge in [-0.05, 0) is 70.2 Å². The van der Waals surface area contributed by atoms with Crippen LogP contribution in [0.2, 0.25) is 0 Å². The van der Waals surface area contributed by atoms with E-state index in [0.29, 0.717) is 21.4 Å². The van der Waals surface area contributed by atoms with Gasteiger partial charge in [-0.1, -0.05) is 18.2 Å². The van der Waals surface area contributed by atoms with E-state index in [-0.39, 0.29) is 11.2 Å². The topological polar surface area (TPSA) is 96.5 Å². The Morgan fingerprint density at radius 1 is 1.26 bits per heavy atom. The number of aryl methyl sites for hydroxylation is 3. The van der Waals surface area contributed by atoms with Crippen molar-refractivity contribution in [2.75, 3.05) is 5.32 Å². The van der Waals surface area contributed by atoms with E-state index >= 15 is 0 Å².